The number of rotatable bonds is 13. The van der Waals surface area contributed by atoms with E-state index in [-0.39, 0.29) is 34.9 Å². The zero-order valence-corrected chi connectivity index (χ0v) is 29.8. The maximum atomic E-state index is 14.3. The maximum Gasteiger partial charge on any atom is 0.315 e. The van der Waals surface area contributed by atoms with Gasteiger partial charge in [-0.3, -0.25) is 19.2 Å². The Morgan fingerprint density at radius 3 is 2.00 bits per heavy atom. The number of amides is 5. The number of benzene rings is 1. The molecule has 1 aromatic rings. The minimum Gasteiger partial charge on any atom is -0.363 e. The van der Waals surface area contributed by atoms with Crippen LogP contribution < -0.4 is 21.7 Å². The average molecular weight is 676 g/mol. The molecule has 47 heavy (non-hydrogen) atoms. The third-order valence-corrected chi connectivity index (χ3v) is 11.0. The van der Waals surface area contributed by atoms with Crippen LogP contribution in [0.3, 0.4) is 0 Å². The molecule has 13 heteroatoms. The van der Waals surface area contributed by atoms with Crippen molar-refractivity contribution in [2.75, 3.05) is 12.3 Å². The zero-order valence-electron chi connectivity index (χ0n) is 29.0. The molecule has 0 radical (unpaired) electrons. The van der Waals surface area contributed by atoms with Crippen LogP contribution in [0.5, 0.6) is 0 Å². The summed E-state index contributed by atoms with van der Waals surface area (Å²) in [4.78, 5) is 67.8. The molecule has 3 rings (SSSR count). The van der Waals surface area contributed by atoms with Crippen molar-refractivity contribution in [2.24, 2.45) is 34.3 Å². The van der Waals surface area contributed by atoms with Crippen molar-refractivity contribution in [2.45, 2.75) is 110 Å². The minimum atomic E-state index is -3.71. The van der Waals surface area contributed by atoms with E-state index >= 15 is 0 Å². The van der Waals surface area contributed by atoms with Crippen LogP contribution in [0, 0.1) is 28.6 Å². The summed E-state index contributed by atoms with van der Waals surface area (Å²) in [5, 5.41) is 8.30. The highest BCUT2D eigenvalue weighted by atomic mass is 32.2. The molecule has 0 aromatic heterocycles. The van der Waals surface area contributed by atoms with Gasteiger partial charge < -0.3 is 26.6 Å². The molecule has 2 aliphatic rings. The van der Waals surface area contributed by atoms with Crippen LogP contribution in [-0.2, 0) is 29.0 Å². The van der Waals surface area contributed by atoms with Gasteiger partial charge in [-0.25, -0.2) is 13.2 Å². The number of primary amides is 1. The molecule has 5 N–H and O–H groups in total. The first-order valence-electron chi connectivity index (χ1n) is 16.4. The summed E-state index contributed by atoms with van der Waals surface area (Å²) in [6.07, 6.45) is 2.61. The minimum absolute atomic E-state index is 0.152. The maximum absolute atomic E-state index is 14.3. The molecule has 5 atom stereocenters. The van der Waals surface area contributed by atoms with Crippen molar-refractivity contribution in [3.63, 3.8) is 0 Å². The molecule has 1 heterocycles. The van der Waals surface area contributed by atoms with Gasteiger partial charge in [0.1, 0.15) is 12.1 Å². The van der Waals surface area contributed by atoms with Crippen LogP contribution in [-0.4, -0.2) is 79.3 Å². The van der Waals surface area contributed by atoms with Gasteiger partial charge >= 0.3 is 6.03 Å². The topological polar surface area (TPSA) is 185 Å². The Labute approximate surface area is 279 Å². The van der Waals surface area contributed by atoms with Crippen molar-refractivity contribution in [3.05, 3.63) is 30.3 Å². The predicted octanol–water partition coefficient (Wildman–Crippen LogP) is 2.80. The lowest BCUT2D eigenvalue weighted by molar-refractivity contribution is -0.145. The molecule has 1 saturated carbocycles. The van der Waals surface area contributed by atoms with E-state index in [0.29, 0.717) is 12.8 Å². The van der Waals surface area contributed by atoms with E-state index < -0.39 is 74.4 Å². The van der Waals surface area contributed by atoms with Gasteiger partial charge in [0.25, 0.3) is 5.91 Å². The van der Waals surface area contributed by atoms with Gasteiger partial charge in [0, 0.05) is 12.6 Å². The molecule has 1 aliphatic heterocycles. The van der Waals surface area contributed by atoms with Gasteiger partial charge in [0.05, 0.1) is 16.7 Å². The summed E-state index contributed by atoms with van der Waals surface area (Å²) >= 11 is 0. The Bertz CT molecular complexity index is 1430. The first-order valence-corrected chi connectivity index (χ1v) is 18.1. The fourth-order valence-electron chi connectivity index (χ4n) is 6.13. The summed E-state index contributed by atoms with van der Waals surface area (Å²) in [6.45, 7) is 15.2. The largest absolute Gasteiger partial charge is 0.363 e. The van der Waals surface area contributed by atoms with E-state index in [4.69, 9.17) is 5.73 Å². The quantitative estimate of drug-likeness (QED) is 0.232. The summed E-state index contributed by atoms with van der Waals surface area (Å²) in [5.41, 5.74) is 4.11. The van der Waals surface area contributed by atoms with Crippen molar-refractivity contribution in [1.82, 2.24) is 20.9 Å². The number of urea groups is 1. The molecule has 1 aromatic carbocycles. The van der Waals surface area contributed by atoms with Crippen molar-refractivity contribution >= 4 is 39.4 Å². The molecule has 4 unspecified atom stereocenters. The Morgan fingerprint density at radius 2 is 1.51 bits per heavy atom. The van der Waals surface area contributed by atoms with Gasteiger partial charge in [-0.2, -0.15) is 0 Å². The van der Waals surface area contributed by atoms with Gasteiger partial charge in [0.15, 0.2) is 9.84 Å². The number of hydrogen-bond acceptors (Lipinski definition) is 7. The monoisotopic (exact) mass is 675 g/mol. The van der Waals surface area contributed by atoms with Crippen molar-refractivity contribution in [1.29, 1.82) is 0 Å². The Morgan fingerprint density at radius 1 is 0.915 bits per heavy atom. The first kappa shape index (κ1) is 38.0. The average Bonchev–Trinajstić information content (AvgIpc) is 3.66. The number of carbonyl (C=O) groups excluding carboxylic acids is 5. The zero-order chi connectivity index (χ0) is 35.5. The summed E-state index contributed by atoms with van der Waals surface area (Å²) in [6, 6.07) is 3.43. The van der Waals surface area contributed by atoms with E-state index in [9.17, 15) is 32.4 Å². The van der Waals surface area contributed by atoms with Crippen LogP contribution in [0.25, 0.3) is 0 Å². The van der Waals surface area contributed by atoms with Crippen molar-refractivity contribution < 1.29 is 32.4 Å². The molecule has 1 saturated heterocycles. The van der Waals surface area contributed by atoms with E-state index in [2.05, 4.69) is 16.0 Å². The number of sulfone groups is 1. The number of nitrogens with one attached hydrogen (secondary N) is 3. The van der Waals surface area contributed by atoms with Crippen LogP contribution in [0.2, 0.25) is 0 Å². The van der Waals surface area contributed by atoms with Crippen LogP contribution >= 0.6 is 0 Å². The molecule has 2 fully saturated rings. The lowest BCUT2D eigenvalue weighted by Gasteiger charge is -2.39. The normalized spacial score (nSPS) is 20.7. The molecule has 5 amide bonds. The van der Waals surface area contributed by atoms with Gasteiger partial charge in [-0.1, -0.05) is 86.4 Å². The van der Waals surface area contributed by atoms with Gasteiger partial charge in [0.2, 0.25) is 17.6 Å². The fourth-order valence-corrected chi connectivity index (χ4v) is 7.84. The van der Waals surface area contributed by atoms with Gasteiger partial charge in [-0.05, 0) is 53.6 Å². The fraction of sp³-hybridized carbons (Fsp3) is 0.676. The summed E-state index contributed by atoms with van der Waals surface area (Å²) < 4.78 is 26.2. The highest BCUT2D eigenvalue weighted by Gasteiger charge is 2.50. The highest BCUT2D eigenvalue weighted by Crippen LogP contribution is 2.40. The van der Waals surface area contributed by atoms with Crippen LogP contribution in [0.4, 0.5) is 4.79 Å². The Hall–Kier alpha value is -3.48. The lowest BCUT2D eigenvalue weighted by atomic mass is 9.75. The summed E-state index contributed by atoms with van der Waals surface area (Å²) in [7, 11) is -3.71. The number of nitrogens with two attached hydrogens (primary N) is 1. The van der Waals surface area contributed by atoms with Gasteiger partial charge in [-0.15, -0.1) is 0 Å². The number of nitrogens with zero attached hydrogens (tertiary/aromatic N) is 1. The molecule has 0 bridgehead atoms. The second kappa shape index (κ2) is 14.7. The third kappa shape index (κ3) is 10.0. The Kier molecular flexibility index (Phi) is 11.9. The second-order valence-electron chi connectivity index (χ2n) is 15.6. The summed E-state index contributed by atoms with van der Waals surface area (Å²) in [5.74, 6) is -3.64. The molecular weight excluding hydrogens is 622 g/mol. The SMILES string of the molecule is CC(C)C(CS(=O)(=O)c1ccccc1)NC(=O)N[C@H](C(=O)N1CCC(C(C)(C)C)C1C(=O)NC(CC1CC1)C(=O)C(N)=O)C(C)(C)C. The van der Waals surface area contributed by atoms with E-state index in [1.807, 2.05) is 20.8 Å². The number of carbonyl (C=O) groups is 5. The number of likely N-dealkylation sites (tertiary alicyclic amines) is 1. The third-order valence-electron chi connectivity index (χ3n) is 9.21. The highest BCUT2D eigenvalue weighted by molar-refractivity contribution is 7.91. The second-order valence-corrected chi connectivity index (χ2v) is 17.6. The number of hydrogen-bond donors (Lipinski definition) is 4. The van der Waals surface area contributed by atoms with Crippen LogP contribution in [0.1, 0.15) is 81.1 Å². The molecule has 262 valence electrons. The van der Waals surface area contributed by atoms with E-state index in [0.717, 1.165) is 12.8 Å². The first-order chi connectivity index (χ1) is 21.6. The van der Waals surface area contributed by atoms with E-state index in [1.165, 1.54) is 17.0 Å². The molecule has 0 spiro atoms. The van der Waals surface area contributed by atoms with Crippen LogP contribution in [0.15, 0.2) is 35.2 Å². The Balaban J connectivity index is 1.85. The lowest BCUT2D eigenvalue weighted by Crippen LogP contribution is -2.62. The van der Waals surface area contributed by atoms with E-state index in [1.54, 1.807) is 52.8 Å². The molecule has 12 nitrogen and oxygen atoms in total. The molecule has 1 aliphatic carbocycles. The van der Waals surface area contributed by atoms with Crippen molar-refractivity contribution in [3.8, 4) is 0 Å². The number of Topliss-reactive ketones (excluding diaryl/α,β-unsaturated/α-hetero) is 1. The smallest absolute Gasteiger partial charge is 0.315 e. The standard InChI is InChI=1S/C34H53N5O7S/c1-20(2)25(19-47(45,46)22-12-10-9-11-13-22)37-32(44)38-28(34(6,7)8)31(43)39-17-16-23(33(3,4)5)26(39)30(42)36-24(18-21-14-15-21)27(40)29(35)41/h9-13,20-21,23-26,28H,14-19H2,1-8H3,(H2,35,41)(H,36,42)(H2,37,38,44)/t23?,24?,25?,26?,28-/m1/s1. The molecular formula is C34H53N5O7S. The predicted molar refractivity (Wildman–Crippen MR) is 179 cm³/mol. The number of ketones is 1.